The number of carbonyl (C=O) groups excluding carboxylic acids is 1. The van der Waals surface area contributed by atoms with Crippen LogP contribution in [-0.2, 0) is 9.53 Å². The molecular formula is C16H21NO2S. The number of carbonyl (C=O) groups is 1. The summed E-state index contributed by atoms with van der Waals surface area (Å²) in [7, 11) is 1.40. The first-order chi connectivity index (χ1) is 9.72. The van der Waals surface area contributed by atoms with Crippen molar-refractivity contribution in [3.63, 3.8) is 0 Å². The molecule has 0 aliphatic heterocycles. The highest BCUT2D eigenvalue weighted by atomic mass is 32.2. The molecule has 2 unspecified atom stereocenters. The maximum atomic E-state index is 11.2. The monoisotopic (exact) mass is 291 g/mol. The Kier molecular flexibility index (Phi) is 7.82. The van der Waals surface area contributed by atoms with Gasteiger partial charge >= 0.3 is 5.97 Å². The fourth-order valence-electron chi connectivity index (χ4n) is 2.06. The first-order valence-corrected chi connectivity index (χ1v) is 7.90. The Morgan fingerprint density at radius 3 is 2.65 bits per heavy atom. The molecular weight excluding hydrogens is 270 g/mol. The second-order valence-electron chi connectivity index (χ2n) is 4.54. The number of methoxy groups -OCH3 is 1. The molecule has 0 saturated heterocycles. The number of esters is 1. The van der Waals surface area contributed by atoms with Crippen molar-refractivity contribution in [2.75, 3.05) is 12.9 Å². The van der Waals surface area contributed by atoms with E-state index in [1.165, 1.54) is 7.11 Å². The van der Waals surface area contributed by atoms with Crippen LogP contribution in [-0.4, -0.2) is 24.1 Å². The van der Waals surface area contributed by atoms with E-state index in [0.29, 0.717) is 12.2 Å². The van der Waals surface area contributed by atoms with Gasteiger partial charge in [-0.3, -0.25) is 4.79 Å². The van der Waals surface area contributed by atoms with Crippen molar-refractivity contribution in [1.29, 1.82) is 5.26 Å². The summed E-state index contributed by atoms with van der Waals surface area (Å²) in [6.07, 6.45) is 2.40. The standard InChI is InChI=1S/C16H21NO2S/c1-3-7-15(20-11-10-16(18)19-2)14(12-17)13-8-5-4-6-9-13/h4-6,8-9,14-15H,3,7,10-11H2,1-2H3. The van der Waals surface area contributed by atoms with Crippen LogP contribution in [0.25, 0.3) is 0 Å². The van der Waals surface area contributed by atoms with Crippen LogP contribution < -0.4 is 0 Å². The van der Waals surface area contributed by atoms with Gasteiger partial charge in [0.05, 0.1) is 25.5 Å². The third kappa shape index (κ3) is 5.26. The van der Waals surface area contributed by atoms with Crippen LogP contribution in [0.2, 0.25) is 0 Å². The van der Waals surface area contributed by atoms with E-state index in [1.54, 1.807) is 11.8 Å². The fourth-order valence-corrected chi connectivity index (χ4v) is 3.46. The van der Waals surface area contributed by atoms with E-state index in [0.717, 1.165) is 18.4 Å². The van der Waals surface area contributed by atoms with E-state index in [1.807, 2.05) is 30.3 Å². The summed E-state index contributed by atoms with van der Waals surface area (Å²) < 4.78 is 4.65. The predicted octanol–water partition coefficient (Wildman–Crippen LogP) is 3.76. The summed E-state index contributed by atoms with van der Waals surface area (Å²) in [6, 6.07) is 12.3. The number of benzene rings is 1. The van der Waals surface area contributed by atoms with Crippen LogP contribution in [0.4, 0.5) is 0 Å². The van der Waals surface area contributed by atoms with Gasteiger partial charge in [-0.25, -0.2) is 0 Å². The molecule has 4 heteroatoms. The van der Waals surface area contributed by atoms with E-state index in [9.17, 15) is 10.1 Å². The van der Waals surface area contributed by atoms with Crippen molar-refractivity contribution < 1.29 is 9.53 Å². The van der Waals surface area contributed by atoms with Gasteiger partial charge in [-0.2, -0.15) is 17.0 Å². The molecule has 0 N–H and O–H groups in total. The summed E-state index contributed by atoms with van der Waals surface area (Å²) >= 11 is 1.69. The summed E-state index contributed by atoms with van der Waals surface area (Å²) in [5.74, 6) is 0.377. The second kappa shape index (κ2) is 9.44. The minimum atomic E-state index is -0.194. The zero-order chi connectivity index (χ0) is 14.8. The van der Waals surface area contributed by atoms with E-state index in [-0.39, 0.29) is 17.1 Å². The Morgan fingerprint density at radius 1 is 1.40 bits per heavy atom. The minimum Gasteiger partial charge on any atom is -0.469 e. The van der Waals surface area contributed by atoms with Gasteiger partial charge in [0.25, 0.3) is 0 Å². The third-order valence-corrected chi connectivity index (χ3v) is 4.48. The lowest BCUT2D eigenvalue weighted by atomic mass is 9.94. The Labute approximate surface area is 125 Å². The van der Waals surface area contributed by atoms with E-state index in [2.05, 4.69) is 17.7 Å². The SMILES string of the molecule is CCCC(SCCC(=O)OC)C(C#N)c1ccccc1. The maximum Gasteiger partial charge on any atom is 0.306 e. The topological polar surface area (TPSA) is 50.1 Å². The smallest absolute Gasteiger partial charge is 0.306 e. The molecule has 1 rings (SSSR count). The third-order valence-electron chi connectivity index (χ3n) is 3.11. The number of rotatable bonds is 8. The van der Waals surface area contributed by atoms with Gasteiger partial charge in [0.1, 0.15) is 0 Å². The number of nitrogens with zero attached hydrogens (tertiary/aromatic N) is 1. The summed E-state index contributed by atoms with van der Waals surface area (Å²) in [6.45, 7) is 2.12. The van der Waals surface area contributed by atoms with Crippen molar-refractivity contribution in [2.45, 2.75) is 37.4 Å². The summed E-state index contributed by atoms with van der Waals surface area (Å²) in [5.41, 5.74) is 1.05. The Hall–Kier alpha value is -1.47. The normalized spacial score (nSPS) is 13.2. The molecule has 0 saturated carbocycles. The number of nitriles is 1. The van der Waals surface area contributed by atoms with Gasteiger partial charge in [0.2, 0.25) is 0 Å². The molecule has 1 aromatic carbocycles. The predicted molar refractivity (Wildman–Crippen MR) is 82.6 cm³/mol. The van der Waals surface area contributed by atoms with E-state index >= 15 is 0 Å². The molecule has 0 radical (unpaired) electrons. The van der Waals surface area contributed by atoms with Gasteiger partial charge in [-0.05, 0) is 12.0 Å². The first-order valence-electron chi connectivity index (χ1n) is 6.85. The Bertz CT molecular complexity index is 442. The molecule has 20 heavy (non-hydrogen) atoms. The minimum absolute atomic E-state index is 0.126. The number of hydrogen-bond acceptors (Lipinski definition) is 4. The van der Waals surface area contributed by atoms with Crippen LogP contribution in [0.15, 0.2) is 30.3 Å². The number of ether oxygens (including phenoxy) is 1. The molecule has 0 aliphatic rings. The Morgan fingerprint density at radius 2 is 2.10 bits per heavy atom. The molecule has 0 fully saturated rings. The van der Waals surface area contributed by atoms with Gasteiger partial charge in [-0.15, -0.1) is 0 Å². The van der Waals surface area contributed by atoms with Crippen LogP contribution in [0.3, 0.4) is 0 Å². The molecule has 0 aliphatic carbocycles. The zero-order valence-corrected chi connectivity index (χ0v) is 12.9. The lowest BCUT2D eigenvalue weighted by Crippen LogP contribution is -2.15. The van der Waals surface area contributed by atoms with Crippen molar-refractivity contribution in [3.05, 3.63) is 35.9 Å². The van der Waals surface area contributed by atoms with Crippen molar-refractivity contribution in [3.8, 4) is 6.07 Å². The molecule has 0 heterocycles. The van der Waals surface area contributed by atoms with Gasteiger partial charge in [0, 0.05) is 11.0 Å². The first kappa shape index (κ1) is 16.6. The quantitative estimate of drug-likeness (QED) is 0.684. The molecule has 0 spiro atoms. The largest absolute Gasteiger partial charge is 0.469 e. The average Bonchev–Trinajstić information content (AvgIpc) is 2.49. The second-order valence-corrected chi connectivity index (χ2v) is 5.89. The van der Waals surface area contributed by atoms with Crippen LogP contribution in [0.5, 0.6) is 0 Å². The van der Waals surface area contributed by atoms with Crippen molar-refractivity contribution in [2.24, 2.45) is 0 Å². The van der Waals surface area contributed by atoms with Gasteiger partial charge < -0.3 is 4.74 Å². The van der Waals surface area contributed by atoms with Crippen LogP contribution in [0, 0.1) is 11.3 Å². The molecule has 0 amide bonds. The molecule has 108 valence electrons. The molecule has 2 atom stereocenters. The fraction of sp³-hybridized carbons (Fsp3) is 0.500. The van der Waals surface area contributed by atoms with Gasteiger partial charge in [-0.1, -0.05) is 43.7 Å². The molecule has 0 bridgehead atoms. The Balaban J connectivity index is 2.68. The van der Waals surface area contributed by atoms with E-state index in [4.69, 9.17) is 0 Å². The van der Waals surface area contributed by atoms with E-state index < -0.39 is 0 Å². The highest BCUT2D eigenvalue weighted by Crippen LogP contribution is 2.32. The summed E-state index contributed by atoms with van der Waals surface area (Å²) in [4.78, 5) is 11.2. The van der Waals surface area contributed by atoms with Crippen molar-refractivity contribution in [1.82, 2.24) is 0 Å². The lowest BCUT2D eigenvalue weighted by Gasteiger charge is -2.21. The van der Waals surface area contributed by atoms with Crippen LogP contribution in [0.1, 0.15) is 37.7 Å². The van der Waals surface area contributed by atoms with Crippen LogP contribution >= 0.6 is 11.8 Å². The van der Waals surface area contributed by atoms with Crippen molar-refractivity contribution >= 4 is 17.7 Å². The molecule has 3 nitrogen and oxygen atoms in total. The molecule has 0 aromatic heterocycles. The number of thioether (sulfide) groups is 1. The molecule has 1 aromatic rings. The number of hydrogen-bond donors (Lipinski definition) is 0. The highest BCUT2D eigenvalue weighted by molar-refractivity contribution is 7.99. The zero-order valence-electron chi connectivity index (χ0n) is 12.0. The summed E-state index contributed by atoms with van der Waals surface area (Å²) in [5, 5.41) is 9.70. The van der Waals surface area contributed by atoms with Gasteiger partial charge in [0.15, 0.2) is 0 Å². The average molecular weight is 291 g/mol. The highest BCUT2D eigenvalue weighted by Gasteiger charge is 2.22. The maximum absolute atomic E-state index is 11.2. The lowest BCUT2D eigenvalue weighted by molar-refractivity contribution is -0.140.